The Morgan fingerprint density at radius 2 is 1.74 bits per heavy atom. The van der Waals surface area contributed by atoms with Crippen molar-refractivity contribution in [3.63, 3.8) is 0 Å². The fourth-order valence-corrected chi connectivity index (χ4v) is 2.12. The summed E-state index contributed by atoms with van der Waals surface area (Å²) in [5, 5.41) is 0. The number of hydrogen-bond acceptors (Lipinski definition) is 3. The van der Waals surface area contributed by atoms with Crippen molar-refractivity contribution in [3.8, 4) is 0 Å². The van der Waals surface area contributed by atoms with Crippen molar-refractivity contribution in [1.82, 2.24) is 4.98 Å². The zero-order valence-corrected chi connectivity index (χ0v) is 13.3. The van der Waals surface area contributed by atoms with Gasteiger partial charge in [-0.1, -0.05) is 27.7 Å². The highest BCUT2D eigenvalue weighted by molar-refractivity contribution is 5.44. The van der Waals surface area contributed by atoms with Crippen LogP contribution in [0.2, 0.25) is 0 Å². The Labute approximate surface area is 118 Å². The van der Waals surface area contributed by atoms with Crippen LogP contribution in [-0.4, -0.2) is 17.6 Å². The van der Waals surface area contributed by atoms with Crippen LogP contribution in [0.25, 0.3) is 0 Å². The molecule has 3 heteroatoms. The number of hydrogen-bond donors (Lipinski definition) is 1. The van der Waals surface area contributed by atoms with Crippen LogP contribution in [0.15, 0.2) is 12.1 Å². The quantitative estimate of drug-likeness (QED) is 0.853. The lowest BCUT2D eigenvalue weighted by Gasteiger charge is -2.30. The van der Waals surface area contributed by atoms with Crippen LogP contribution >= 0.6 is 0 Å². The lowest BCUT2D eigenvalue weighted by molar-refractivity contribution is 0.564. The van der Waals surface area contributed by atoms with Gasteiger partial charge in [-0.2, -0.15) is 0 Å². The molecule has 1 aromatic rings. The summed E-state index contributed by atoms with van der Waals surface area (Å²) in [7, 11) is 0. The fraction of sp³-hybridized carbons (Fsp3) is 0.688. The summed E-state index contributed by atoms with van der Waals surface area (Å²) < 4.78 is 0. The summed E-state index contributed by atoms with van der Waals surface area (Å²) in [6, 6.07) is 4.71. The largest absolute Gasteiger partial charge is 0.354 e. The Balaban J connectivity index is 3.17. The Morgan fingerprint density at radius 3 is 2.16 bits per heavy atom. The summed E-state index contributed by atoms with van der Waals surface area (Å²) in [5.74, 6) is 2.11. The summed E-state index contributed by atoms with van der Waals surface area (Å²) in [5.41, 5.74) is 8.12. The van der Waals surface area contributed by atoms with Crippen molar-refractivity contribution in [2.75, 3.05) is 11.4 Å². The van der Waals surface area contributed by atoms with Crippen molar-refractivity contribution >= 4 is 5.82 Å². The van der Waals surface area contributed by atoms with Gasteiger partial charge in [0.15, 0.2) is 0 Å². The van der Waals surface area contributed by atoms with Gasteiger partial charge in [-0.05, 0) is 43.4 Å². The van der Waals surface area contributed by atoms with Crippen LogP contribution in [0.3, 0.4) is 0 Å². The first kappa shape index (κ1) is 16.0. The average molecular weight is 263 g/mol. The van der Waals surface area contributed by atoms with Gasteiger partial charge in [0.25, 0.3) is 0 Å². The van der Waals surface area contributed by atoms with E-state index in [-0.39, 0.29) is 0 Å². The third-order valence-electron chi connectivity index (χ3n) is 3.20. The molecule has 3 nitrogen and oxygen atoms in total. The van der Waals surface area contributed by atoms with Gasteiger partial charge in [0.1, 0.15) is 5.82 Å². The van der Waals surface area contributed by atoms with Gasteiger partial charge in [-0.3, -0.25) is 0 Å². The first-order chi connectivity index (χ1) is 8.85. The Bertz CT molecular complexity index is 397. The molecule has 0 aliphatic rings. The van der Waals surface area contributed by atoms with E-state index in [9.17, 15) is 0 Å². The van der Waals surface area contributed by atoms with E-state index in [1.807, 2.05) is 0 Å². The molecule has 0 atom stereocenters. The van der Waals surface area contributed by atoms with Crippen molar-refractivity contribution in [1.29, 1.82) is 0 Å². The molecule has 1 aromatic heterocycles. The molecule has 0 aliphatic carbocycles. The van der Waals surface area contributed by atoms with Crippen molar-refractivity contribution in [2.45, 2.75) is 60.0 Å². The SMILES string of the molecule is CC(C)CN(c1cc(CN)cc(C(C)C)n1)C(C)C. The molecule has 19 heavy (non-hydrogen) atoms. The van der Waals surface area contributed by atoms with E-state index in [1.165, 1.54) is 5.56 Å². The molecule has 0 radical (unpaired) electrons. The molecular formula is C16H29N3. The standard InChI is InChI=1S/C16H29N3/c1-11(2)10-19(13(5)6)16-8-14(9-17)7-15(18-16)12(3)4/h7-8,11-13H,9-10,17H2,1-6H3. The number of rotatable bonds is 6. The van der Waals surface area contributed by atoms with Gasteiger partial charge >= 0.3 is 0 Å². The highest BCUT2D eigenvalue weighted by Gasteiger charge is 2.15. The molecule has 0 saturated heterocycles. The Kier molecular flexibility index (Phi) is 5.80. The van der Waals surface area contributed by atoms with E-state index >= 15 is 0 Å². The van der Waals surface area contributed by atoms with Crippen molar-refractivity contribution in [2.24, 2.45) is 11.7 Å². The second kappa shape index (κ2) is 6.90. The van der Waals surface area contributed by atoms with E-state index in [2.05, 4.69) is 58.6 Å². The molecule has 0 fully saturated rings. The number of anilines is 1. The topological polar surface area (TPSA) is 42.1 Å². The van der Waals surface area contributed by atoms with Gasteiger partial charge in [0, 0.05) is 24.8 Å². The Hall–Kier alpha value is -1.09. The highest BCUT2D eigenvalue weighted by Crippen LogP contribution is 2.22. The molecule has 0 amide bonds. The van der Waals surface area contributed by atoms with Gasteiger partial charge in [-0.25, -0.2) is 4.98 Å². The third kappa shape index (κ3) is 4.50. The zero-order valence-electron chi connectivity index (χ0n) is 13.3. The molecule has 0 aliphatic heterocycles. The first-order valence-corrected chi connectivity index (χ1v) is 7.32. The molecule has 1 rings (SSSR count). The number of nitrogens with two attached hydrogens (primary N) is 1. The zero-order chi connectivity index (χ0) is 14.6. The molecule has 0 aromatic carbocycles. The maximum atomic E-state index is 5.82. The molecule has 1 heterocycles. The van der Waals surface area contributed by atoms with Crippen LogP contribution in [0.5, 0.6) is 0 Å². The second-order valence-electron chi connectivity index (χ2n) is 6.26. The summed E-state index contributed by atoms with van der Waals surface area (Å²) in [6.07, 6.45) is 0. The maximum absolute atomic E-state index is 5.82. The van der Waals surface area contributed by atoms with E-state index < -0.39 is 0 Å². The minimum atomic E-state index is 0.429. The van der Waals surface area contributed by atoms with Crippen LogP contribution in [-0.2, 0) is 6.54 Å². The van der Waals surface area contributed by atoms with E-state index in [0.29, 0.717) is 24.4 Å². The monoisotopic (exact) mass is 263 g/mol. The van der Waals surface area contributed by atoms with E-state index in [1.54, 1.807) is 0 Å². The van der Waals surface area contributed by atoms with Crippen LogP contribution in [0.1, 0.15) is 58.7 Å². The molecule has 0 bridgehead atoms. The molecule has 2 N–H and O–H groups in total. The lowest BCUT2D eigenvalue weighted by Crippen LogP contribution is -2.35. The smallest absolute Gasteiger partial charge is 0.129 e. The molecule has 0 saturated carbocycles. The van der Waals surface area contributed by atoms with Crippen molar-refractivity contribution in [3.05, 3.63) is 23.4 Å². The highest BCUT2D eigenvalue weighted by atomic mass is 15.2. The molecule has 108 valence electrons. The van der Waals surface area contributed by atoms with Gasteiger partial charge in [0.2, 0.25) is 0 Å². The third-order valence-corrected chi connectivity index (χ3v) is 3.20. The molecular weight excluding hydrogens is 234 g/mol. The second-order valence-corrected chi connectivity index (χ2v) is 6.26. The maximum Gasteiger partial charge on any atom is 0.129 e. The van der Waals surface area contributed by atoms with Crippen molar-refractivity contribution < 1.29 is 0 Å². The fourth-order valence-electron chi connectivity index (χ4n) is 2.12. The van der Waals surface area contributed by atoms with E-state index in [4.69, 9.17) is 10.7 Å². The minimum Gasteiger partial charge on any atom is -0.354 e. The number of aromatic nitrogens is 1. The average Bonchev–Trinajstić information content (AvgIpc) is 2.34. The predicted molar refractivity (Wildman–Crippen MR) is 83.5 cm³/mol. The normalized spacial score (nSPS) is 11.7. The van der Waals surface area contributed by atoms with E-state index in [0.717, 1.165) is 18.1 Å². The van der Waals surface area contributed by atoms with Crippen LogP contribution in [0.4, 0.5) is 5.82 Å². The first-order valence-electron chi connectivity index (χ1n) is 7.32. The van der Waals surface area contributed by atoms with Crippen LogP contribution < -0.4 is 10.6 Å². The minimum absolute atomic E-state index is 0.429. The molecule has 0 unspecified atom stereocenters. The Morgan fingerprint density at radius 1 is 1.11 bits per heavy atom. The van der Waals surface area contributed by atoms with Crippen LogP contribution in [0, 0.1) is 5.92 Å². The van der Waals surface area contributed by atoms with Gasteiger partial charge in [-0.15, -0.1) is 0 Å². The van der Waals surface area contributed by atoms with Gasteiger partial charge in [0.05, 0.1) is 0 Å². The number of pyridine rings is 1. The lowest BCUT2D eigenvalue weighted by atomic mass is 10.1. The predicted octanol–water partition coefficient (Wildman–Crippen LogP) is 3.53. The molecule has 0 spiro atoms. The summed E-state index contributed by atoms with van der Waals surface area (Å²) >= 11 is 0. The summed E-state index contributed by atoms with van der Waals surface area (Å²) in [4.78, 5) is 7.20. The summed E-state index contributed by atoms with van der Waals surface area (Å²) in [6.45, 7) is 14.9. The van der Waals surface area contributed by atoms with Gasteiger partial charge < -0.3 is 10.6 Å². The number of nitrogens with zero attached hydrogens (tertiary/aromatic N) is 2.